The average Bonchev–Trinajstić information content (AvgIpc) is 4.13. The van der Waals surface area contributed by atoms with Crippen LogP contribution in [0.15, 0.2) is 12.2 Å². The second kappa shape index (κ2) is 16.3. The Morgan fingerprint density at radius 2 is 0.547 bits per heavy atom. The number of allylic oxidation sites excluding steroid dienone is 2. The zero-order chi connectivity index (χ0) is 42.3. The molecule has 0 spiro atoms. The second-order valence-corrected chi connectivity index (χ2v) is 49.4. The van der Waals surface area contributed by atoms with Crippen molar-refractivity contribution in [3.05, 3.63) is 12.2 Å². The monoisotopic (exact) mass is 1020 g/mol. The van der Waals surface area contributed by atoms with Crippen LogP contribution in [0, 0.1) is 17.8 Å². The molecule has 0 aromatic rings. The van der Waals surface area contributed by atoms with E-state index in [9.17, 15) is 0 Å². The van der Waals surface area contributed by atoms with Crippen molar-refractivity contribution in [1.82, 2.24) is 0 Å². The molecule has 0 aromatic carbocycles. The fraction of sp³-hybridized carbons (Fsp3) is 0.955. The van der Waals surface area contributed by atoms with Crippen molar-refractivity contribution in [2.24, 2.45) is 17.8 Å². The quantitative estimate of drug-likeness (QED) is 0.153. The fourth-order valence-electron chi connectivity index (χ4n) is 16.4. The first-order chi connectivity index (χ1) is 31.3. The molecule has 20 heteroatoms. The lowest BCUT2D eigenvalue weighted by Gasteiger charge is -2.66. The molecular formula is C44H76O12Si8. The Hall–Kier alpha value is 0.995. The highest BCUT2D eigenvalue weighted by atomic mass is 28.6. The molecule has 8 saturated carbocycles. The molecule has 14 fully saturated rings. The van der Waals surface area contributed by atoms with Crippen molar-refractivity contribution in [1.29, 1.82) is 0 Å². The summed E-state index contributed by atoms with van der Waals surface area (Å²) in [5.74, 6) is 1.86. The van der Waals surface area contributed by atoms with Crippen LogP contribution in [0.2, 0.25) is 44.8 Å². The minimum Gasteiger partial charge on any atom is -0.373 e. The third-order valence-electron chi connectivity index (χ3n) is 19.7. The standard InChI is InChI=1S/C44H76O12Si8/c1-2-16-38(15-1)58-45-57(32-31-37-34-35-29-30-36(37)33-35)46-59(39-17-3-4-18-39)50-61(48-58,41-21-7-8-22-41)54-64(44-27-13-14-28-44)55-62(49-58,42-23-9-10-24-42)51-60(47-57,40-19-5-6-20-40)53-63(52-59,56-64)43-25-11-12-26-43/h29-30,35-44H,1-28,31-34H2. The molecule has 64 heavy (non-hydrogen) atoms. The molecule has 0 amide bonds. The highest BCUT2D eigenvalue weighted by molar-refractivity contribution is 7.04. The van der Waals surface area contributed by atoms with Gasteiger partial charge in [-0.15, -0.1) is 0 Å². The van der Waals surface area contributed by atoms with E-state index in [0.717, 1.165) is 186 Å². The molecule has 15 rings (SSSR count). The summed E-state index contributed by atoms with van der Waals surface area (Å²) in [4.78, 5) is 0. The van der Waals surface area contributed by atoms with Crippen LogP contribution in [-0.4, -0.2) is 70.4 Å². The molecule has 6 heterocycles. The summed E-state index contributed by atoms with van der Waals surface area (Å²) in [6.45, 7) is 0. The molecular weight excluding hydrogens is 945 g/mol. The van der Waals surface area contributed by atoms with E-state index >= 15 is 0 Å². The number of rotatable bonds is 10. The highest BCUT2D eigenvalue weighted by Crippen LogP contribution is 2.66. The van der Waals surface area contributed by atoms with Gasteiger partial charge < -0.3 is 49.4 Å². The molecule has 6 aliphatic heterocycles. The lowest BCUT2D eigenvalue weighted by atomic mass is 9.91. The maximum atomic E-state index is 8.54. The van der Waals surface area contributed by atoms with Gasteiger partial charge >= 0.3 is 70.4 Å². The Kier molecular flexibility index (Phi) is 11.1. The van der Waals surface area contributed by atoms with Gasteiger partial charge in [-0.1, -0.05) is 102 Å². The van der Waals surface area contributed by atoms with Crippen LogP contribution in [-0.2, 0) is 49.4 Å². The molecule has 10 bridgehead atoms. The Morgan fingerprint density at radius 3 is 0.766 bits per heavy atom. The first kappa shape index (κ1) is 43.8. The predicted octanol–water partition coefficient (Wildman–Crippen LogP) is 12.0. The minimum atomic E-state index is -3.91. The van der Waals surface area contributed by atoms with Crippen LogP contribution < -0.4 is 0 Å². The maximum Gasteiger partial charge on any atom is 0.482 e. The minimum absolute atomic E-state index is 0.0838. The van der Waals surface area contributed by atoms with E-state index in [1.165, 1.54) is 12.8 Å². The largest absolute Gasteiger partial charge is 0.482 e. The molecule has 0 radical (unpaired) electrons. The molecule has 6 saturated heterocycles. The maximum absolute atomic E-state index is 8.54. The van der Waals surface area contributed by atoms with E-state index in [2.05, 4.69) is 12.2 Å². The smallest absolute Gasteiger partial charge is 0.373 e. The number of fused-ring (bicyclic) bond motifs is 2. The van der Waals surface area contributed by atoms with Gasteiger partial charge in [-0.25, -0.2) is 0 Å². The van der Waals surface area contributed by atoms with Crippen molar-refractivity contribution >= 4 is 70.4 Å². The molecule has 0 N–H and O–H groups in total. The lowest BCUT2D eigenvalue weighted by Crippen LogP contribution is -2.90. The molecule has 3 atom stereocenters. The van der Waals surface area contributed by atoms with E-state index in [1.807, 2.05) is 0 Å². The van der Waals surface area contributed by atoms with E-state index < -0.39 is 70.4 Å². The van der Waals surface area contributed by atoms with Crippen LogP contribution in [0.3, 0.4) is 0 Å². The summed E-state index contributed by atoms with van der Waals surface area (Å²) >= 11 is 0. The van der Waals surface area contributed by atoms with Crippen molar-refractivity contribution in [3.63, 3.8) is 0 Å². The molecule has 15 aliphatic rings. The van der Waals surface area contributed by atoms with E-state index in [1.54, 1.807) is 0 Å². The van der Waals surface area contributed by atoms with Crippen LogP contribution in [0.1, 0.15) is 199 Å². The molecule has 12 nitrogen and oxygen atoms in total. The summed E-state index contributed by atoms with van der Waals surface area (Å²) in [5.41, 5.74) is 0.609. The lowest BCUT2D eigenvalue weighted by molar-refractivity contribution is -0.0460. The average molecular weight is 1020 g/mol. The van der Waals surface area contributed by atoms with Crippen molar-refractivity contribution in [2.45, 2.75) is 244 Å². The fourth-order valence-corrected chi connectivity index (χ4v) is 72.6. The van der Waals surface area contributed by atoms with Gasteiger partial charge in [0.1, 0.15) is 0 Å². The third-order valence-corrected chi connectivity index (χ3v) is 59.3. The van der Waals surface area contributed by atoms with Gasteiger partial charge in [0.05, 0.1) is 0 Å². The van der Waals surface area contributed by atoms with Crippen LogP contribution in [0.4, 0.5) is 0 Å². The van der Waals surface area contributed by atoms with E-state index in [0.29, 0.717) is 23.8 Å². The van der Waals surface area contributed by atoms with Gasteiger partial charge in [0.2, 0.25) is 0 Å². The molecule has 356 valence electrons. The molecule has 3 unspecified atom stereocenters. The van der Waals surface area contributed by atoms with Gasteiger partial charge in [-0.3, -0.25) is 0 Å². The van der Waals surface area contributed by atoms with Crippen LogP contribution in [0.5, 0.6) is 0 Å². The summed E-state index contributed by atoms with van der Waals surface area (Å²) in [6, 6.07) is 0.697. The predicted molar refractivity (Wildman–Crippen MR) is 253 cm³/mol. The van der Waals surface area contributed by atoms with Gasteiger partial charge in [0.25, 0.3) is 0 Å². The van der Waals surface area contributed by atoms with E-state index in [4.69, 9.17) is 49.4 Å². The highest BCUT2D eigenvalue weighted by Gasteiger charge is 2.88. The Bertz CT molecular complexity index is 1610. The zero-order valence-electron chi connectivity index (χ0n) is 38.5. The Morgan fingerprint density at radius 1 is 0.297 bits per heavy atom. The summed E-state index contributed by atoms with van der Waals surface area (Å²) in [5, 5.41) is 0. The van der Waals surface area contributed by atoms with Crippen molar-refractivity contribution < 1.29 is 49.4 Å². The number of hydrogen-bond acceptors (Lipinski definition) is 12. The van der Waals surface area contributed by atoms with Gasteiger partial charge in [0.15, 0.2) is 0 Å². The summed E-state index contributed by atoms with van der Waals surface area (Å²) in [6.07, 6.45) is 38.4. The summed E-state index contributed by atoms with van der Waals surface area (Å²) in [7, 11) is -31.1. The normalized spacial score (nSPS) is 51.6. The van der Waals surface area contributed by atoms with Crippen molar-refractivity contribution in [2.75, 3.05) is 0 Å². The Labute approximate surface area is 391 Å². The summed E-state index contributed by atoms with van der Waals surface area (Å²) < 4.78 is 102. The van der Waals surface area contributed by atoms with Gasteiger partial charge in [-0.2, -0.15) is 0 Å². The molecule has 0 aromatic heterocycles. The van der Waals surface area contributed by atoms with Gasteiger partial charge in [0, 0.05) is 44.8 Å². The first-order valence-electron chi connectivity index (χ1n) is 27.4. The van der Waals surface area contributed by atoms with Crippen LogP contribution >= 0.6 is 0 Å². The zero-order valence-corrected chi connectivity index (χ0v) is 46.5. The Balaban J connectivity index is 1.06. The topological polar surface area (TPSA) is 111 Å². The second-order valence-electron chi connectivity index (χ2n) is 23.6. The SMILES string of the molecule is C1=CC2CC1CC2CC[Si]12O[Si]3(C4CCCC4)O[Si]4(C5CCCC5)O[Si](C5CCCC5)(O1)O[Si]1(C5CCCC5)O[Si](C5CCCC5)(O2)O[Si](C2CCCC2)(O3)O[Si](C2CCCC2)(O4)O1. The molecule has 9 aliphatic carbocycles. The van der Waals surface area contributed by atoms with Crippen LogP contribution in [0.25, 0.3) is 0 Å². The van der Waals surface area contributed by atoms with E-state index in [-0.39, 0.29) is 38.8 Å². The third kappa shape index (κ3) is 6.92. The van der Waals surface area contributed by atoms with Gasteiger partial charge in [-0.05, 0) is 127 Å². The van der Waals surface area contributed by atoms with Crippen molar-refractivity contribution in [3.8, 4) is 0 Å². The first-order valence-corrected chi connectivity index (χ1v) is 41.9. The number of hydrogen-bond donors (Lipinski definition) is 0.